The van der Waals surface area contributed by atoms with E-state index in [4.69, 9.17) is 11.6 Å². The van der Waals surface area contributed by atoms with Crippen LogP contribution in [0.25, 0.3) is 0 Å². The third kappa shape index (κ3) is 3.87. The molecular formula is C19H22ClN. The molecule has 0 heterocycles. The highest BCUT2D eigenvalue weighted by atomic mass is 35.5. The zero-order valence-corrected chi connectivity index (χ0v) is 13.2. The van der Waals surface area contributed by atoms with Crippen molar-refractivity contribution in [3.8, 4) is 0 Å². The second-order valence-electron chi connectivity index (χ2n) is 6.11. The molecule has 0 unspecified atom stereocenters. The summed E-state index contributed by atoms with van der Waals surface area (Å²) in [4.78, 5) is 0. The second kappa shape index (κ2) is 6.64. The molecule has 0 radical (unpaired) electrons. The first kappa shape index (κ1) is 14.6. The first-order valence-corrected chi connectivity index (χ1v) is 8.13. The molecular weight excluding hydrogens is 278 g/mol. The monoisotopic (exact) mass is 299 g/mol. The van der Waals surface area contributed by atoms with Gasteiger partial charge >= 0.3 is 0 Å². The fraction of sp³-hybridized carbons (Fsp3) is 0.368. The van der Waals surface area contributed by atoms with Gasteiger partial charge in [0, 0.05) is 11.1 Å². The van der Waals surface area contributed by atoms with Gasteiger partial charge in [0.25, 0.3) is 0 Å². The molecule has 0 aliphatic heterocycles. The van der Waals surface area contributed by atoms with Crippen LogP contribution in [0.3, 0.4) is 0 Å². The number of hydrogen-bond acceptors (Lipinski definition) is 1. The number of benzene rings is 2. The lowest BCUT2D eigenvalue weighted by Crippen LogP contribution is -2.40. The van der Waals surface area contributed by atoms with Gasteiger partial charge in [-0.25, -0.2) is 0 Å². The Balaban J connectivity index is 1.40. The smallest absolute Gasteiger partial charge is 0.0406 e. The molecule has 2 heteroatoms. The van der Waals surface area contributed by atoms with Crippen molar-refractivity contribution in [2.75, 3.05) is 6.54 Å². The van der Waals surface area contributed by atoms with Gasteiger partial charge in [-0.05, 0) is 61.9 Å². The van der Waals surface area contributed by atoms with Crippen LogP contribution >= 0.6 is 11.6 Å². The van der Waals surface area contributed by atoms with Crippen molar-refractivity contribution >= 4 is 11.6 Å². The molecule has 1 fully saturated rings. The average Bonchev–Trinajstić information content (AvgIpc) is 2.43. The van der Waals surface area contributed by atoms with Gasteiger partial charge in [0.05, 0.1) is 0 Å². The molecule has 110 valence electrons. The van der Waals surface area contributed by atoms with Gasteiger partial charge in [-0.15, -0.1) is 0 Å². The standard InChI is InChI=1S/C19H22ClN/c1-14-3-2-4-16(11-14)17-12-19(13-17)21-10-9-15-5-7-18(20)8-6-15/h2-8,11,17,19,21H,9-10,12-13H2,1H3. The van der Waals surface area contributed by atoms with Crippen molar-refractivity contribution in [1.29, 1.82) is 0 Å². The van der Waals surface area contributed by atoms with Gasteiger partial charge in [-0.3, -0.25) is 0 Å². The first-order chi connectivity index (χ1) is 10.2. The molecule has 0 saturated heterocycles. The van der Waals surface area contributed by atoms with Crippen molar-refractivity contribution < 1.29 is 0 Å². The fourth-order valence-corrected chi connectivity index (χ4v) is 3.18. The molecule has 1 aliphatic carbocycles. The van der Waals surface area contributed by atoms with E-state index in [1.165, 1.54) is 29.5 Å². The van der Waals surface area contributed by atoms with E-state index >= 15 is 0 Å². The lowest BCUT2D eigenvalue weighted by Gasteiger charge is -2.36. The van der Waals surface area contributed by atoms with Crippen molar-refractivity contribution in [2.45, 2.75) is 38.1 Å². The zero-order chi connectivity index (χ0) is 14.7. The van der Waals surface area contributed by atoms with E-state index in [0.717, 1.165) is 23.9 Å². The largest absolute Gasteiger partial charge is 0.314 e. The van der Waals surface area contributed by atoms with E-state index < -0.39 is 0 Å². The van der Waals surface area contributed by atoms with Gasteiger partial charge in [0.2, 0.25) is 0 Å². The number of nitrogens with one attached hydrogen (secondary N) is 1. The van der Waals surface area contributed by atoms with Gasteiger partial charge in [-0.1, -0.05) is 53.6 Å². The Bertz CT molecular complexity index is 585. The Kier molecular flexibility index (Phi) is 4.62. The van der Waals surface area contributed by atoms with Crippen molar-refractivity contribution in [3.63, 3.8) is 0 Å². The summed E-state index contributed by atoms with van der Waals surface area (Å²) in [6.07, 6.45) is 3.61. The van der Waals surface area contributed by atoms with E-state index in [0.29, 0.717) is 6.04 Å². The van der Waals surface area contributed by atoms with Crippen LogP contribution in [0.4, 0.5) is 0 Å². The van der Waals surface area contributed by atoms with Gasteiger partial charge in [0.15, 0.2) is 0 Å². The summed E-state index contributed by atoms with van der Waals surface area (Å²) in [6, 6.07) is 17.8. The fourth-order valence-electron chi connectivity index (χ4n) is 3.05. The van der Waals surface area contributed by atoms with Gasteiger partial charge in [0.1, 0.15) is 0 Å². The molecule has 0 spiro atoms. The molecule has 1 nitrogen and oxygen atoms in total. The second-order valence-corrected chi connectivity index (χ2v) is 6.55. The summed E-state index contributed by atoms with van der Waals surface area (Å²) in [5, 5.41) is 4.48. The van der Waals surface area contributed by atoms with Crippen LogP contribution in [0.15, 0.2) is 48.5 Å². The molecule has 0 atom stereocenters. The van der Waals surface area contributed by atoms with Crippen LogP contribution in [0.5, 0.6) is 0 Å². The Morgan fingerprint density at radius 2 is 1.86 bits per heavy atom. The SMILES string of the molecule is Cc1cccc(C2CC(NCCc3ccc(Cl)cc3)C2)c1. The molecule has 21 heavy (non-hydrogen) atoms. The Labute approximate surface area is 132 Å². The van der Waals surface area contributed by atoms with E-state index in [-0.39, 0.29) is 0 Å². The minimum atomic E-state index is 0.683. The number of hydrogen-bond donors (Lipinski definition) is 1. The number of halogens is 1. The molecule has 2 aromatic carbocycles. The summed E-state index contributed by atoms with van der Waals surface area (Å²) >= 11 is 5.90. The van der Waals surface area contributed by atoms with Crippen LogP contribution in [0.1, 0.15) is 35.4 Å². The quantitative estimate of drug-likeness (QED) is 0.842. The predicted molar refractivity (Wildman–Crippen MR) is 90.1 cm³/mol. The number of aryl methyl sites for hydroxylation is 1. The van der Waals surface area contributed by atoms with Crippen LogP contribution < -0.4 is 5.32 Å². The lowest BCUT2D eigenvalue weighted by atomic mass is 9.75. The minimum Gasteiger partial charge on any atom is -0.314 e. The summed E-state index contributed by atoms with van der Waals surface area (Å²) in [7, 11) is 0. The summed E-state index contributed by atoms with van der Waals surface area (Å²) in [6.45, 7) is 3.22. The molecule has 3 rings (SSSR count). The molecule has 1 N–H and O–H groups in total. The highest BCUT2D eigenvalue weighted by Crippen LogP contribution is 2.36. The summed E-state index contributed by atoms with van der Waals surface area (Å²) < 4.78 is 0. The highest BCUT2D eigenvalue weighted by molar-refractivity contribution is 6.30. The van der Waals surface area contributed by atoms with Gasteiger partial charge < -0.3 is 5.32 Å². The highest BCUT2D eigenvalue weighted by Gasteiger charge is 2.29. The Hall–Kier alpha value is -1.31. The normalized spacial score (nSPS) is 21.0. The van der Waals surface area contributed by atoms with Crippen LogP contribution in [0, 0.1) is 6.92 Å². The first-order valence-electron chi connectivity index (χ1n) is 7.75. The van der Waals surface area contributed by atoms with Crippen LogP contribution in [0.2, 0.25) is 5.02 Å². The summed E-state index contributed by atoms with van der Waals surface area (Å²) in [5.41, 5.74) is 4.22. The Morgan fingerprint density at radius 3 is 2.57 bits per heavy atom. The van der Waals surface area contributed by atoms with E-state index in [9.17, 15) is 0 Å². The molecule has 0 amide bonds. The van der Waals surface area contributed by atoms with Gasteiger partial charge in [-0.2, -0.15) is 0 Å². The minimum absolute atomic E-state index is 0.683. The maximum Gasteiger partial charge on any atom is 0.0406 e. The van der Waals surface area contributed by atoms with Crippen LogP contribution in [-0.2, 0) is 6.42 Å². The molecule has 0 aromatic heterocycles. The van der Waals surface area contributed by atoms with E-state index in [1.807, 2.05) is 12.1 Å². The third-order valence-electron chi connectivity index (χ3n) is 4.41. The van der Waals surface area contributed by atoms with E-state index in [2.05, 4.69) is 48.6 Å². The number of rotatable bonds is 5. The lowest BCUT2D eigenvalue weighted by molar-refractivity contribution is 0.292. The molecule has 2 aromatic rings. The van der Waals surface area contributed by atoms with Crippen molar-refractivity contribution in [1.82, 2.24) is 5.32 Å². The molecule has 1 aliphatic rings. The van der Waals surface area contributed by atoms with E-state index in [1.54, 1.807) is 0 Å². The zero-order valence-electron chi connectivity index (χ0n) is 12.5. The molecule has 1 saturated carbocycles. The molecule has 0 bridgehead atoms. The predicted octanol–water partition coefficient (Wildman–Crippen LogP) is 4.73. The Morgan fingerprint density at radius 1 is 1.10 bits per heavy atom. The maximum atomic E-state index is 5.90. The maximum absolute atomic E-state index is 5.90. The average molecular weight is 300 g/mol. The third-order valence-corrected chi connectivity index (χ3v) is 4.66. The van der Waals surface area contributed by atoms with Crippen molar-refractivity contribution in [3.05, 3.63) is 70.2 Å². The topological polar surface area (TPSA) is 12.0 Å². The summed E-state index contributed by atoms with van der Waals surface area (Å²) in [5.74, 6) is 0.748. The van der Waals surface area contributed by atoms with Crippen LogP contribution in [-0.4, -0.2) is 12.6 Å². The van der Waals surface area contributed by atoms with Crippen molar-refractivity contribution in [2.24, 2.45) is 0 Å².